The lowest BCUT2D eigenvalue weighted by atomic mass is 10.2. The van der Waals surface area contributed by atoms with Crippen LogP contribution in [0, 0.1) is 5.92 Å². The average molecular weight is 216 g/mol. The first-order chi connectivity index (χ1) is 6.63. The quantitative estimate of drug-likeness (QED) is 0.457. The van der Waals surface area contributed by atoms with Gasteiger partial charge in [-0.1, -0.05) is 45.2 Å². The Bertz CT molecular complexity index is 124. The van der Waals surface area contributed by atoms with Gasteiger partial charge in [-0.05, 0) is 12.3 Å². The van der Waals surface area contributed by atoms with Crippen molar-refractivity contribution in [3.63, 3.8) is 0 Å². The molecule has 0 aliphatic carbocycles. The summed E-state index contributed by atoms with van der Waals surface area (Å²) in [6, 6.07) is 0. The maximum atomic E-state index is 5.97. The molecule has 0 rings (SSSR count). The third-order valence-electron chi connectivity index (χ3n) is 2.20. The molecule has 0 fully saturated rings. The second-order valence-corrected chi connectivity index (χ2v) is 7.29. The molecule has 0 aliphatic heterocycles. The largest absolute Gasteiger partial charge is 0.478 e. The fourth-order valence-electron chi connectivity index (χ4n) is 1.25. The Morgan fingerprint density at radius 1 is 1.07 bits per heavy atom. The summed E-state index contributed by atoms with van der Waals surface area (Å²) in [7, 11) is 0. The highest BCUT2D eigenvalue weighted by Crippen LogP contribution is 2.09. The Kier molecular flexibility index (Phi) is 9.02. The monoisotopic (exact) mass is 216 g/mol. The SMILES string of the molecule is CCC(OCC(C)C)[O][Al]([CH2]C)[CH2]C. The van der Waals surface area contributed by atoms with Crippen LogP contribution in [0.3, 0.4) is 0 Å². The van der Waals surface area contributed by atoms with Crippen LogP contribution in [0.25, 0.3) is 0 Å². The van der Waals surface area contributed by atoms with Crippen LogP contribution in [0.4, 0.5) is 0 Å². The summed E-state index contributed by atoms with van der Waals surface area (Å²) in [5.41, 5.74) is 0. The summed E-state index contributed by atoms with van der Waals surface area (Å²) in [6.45, 7) is 11.7. The van der Waals surface area contributed by atoms with Crippen molar-refractivity contribution in [3.05, 3.63) is 0 Å². The second-order valence-electron chi connectivity index (χ2n) is 4.14. The Morgan fingerprint density at radius 2 is 1.64 bits per heavy atom. The molecule has 0 spiro atoms. The van der Waals surface area contributed by atoms with Crippen molar-refractivity contribution in [2.75, 3.05) is 6.61 Å². The lowest BCUT2D eigenvalue weighted by molar-refractivity contribution is -0.0928. The molecule has 3 heteroatoms. The van der Waals surface area contributed by atoms with Gasteiger partial charge >= 0.3 is 14.5 Å². The summed E-state index contributed by atoms with van der Waals surface area (Å²) in [6.07, 6.45) is 1.02. The molecule has 0 N–H and O–H groups in total. The van der Waals surface area contributed by atoms with Gasteiger partial charge in [-0.25, -0.2) is 0 Å². The van der Waals surface area contributed by atoms with E-state index < -0.39 is 14.5 Å². The molecule has 2 nitrogen and oxygen atoms in total. The first kappa shape index (κ1) is 14.5. The summed E-state index contributed by atoms with van der Waals surface area (Å²) < 4.78 is 11.7. The summed E-state index contributed by atoms with van der Waals surface area (Å²) in [5.74, 6) is 0.594. The molecule has 0 amide bonds. The van der Waals surface area contributed by atoms with Gasteiger partial charge in [0.05, 0.1) is 6.61 Å². The maximum absolute atomic E-state index is 5.97. The van der Waals surface area contributed by atoms with E-state index in [1.54, 1.807) is 0 Å². The van der Waals surface area contributed by atoms with Crippen LogP contribution in [0.1, 0.15) is 41.0 Å². The van der Waals surface area contributed by atoms with Crippen LogP contribution in [0.2, 0.25) is 10.6 Å². The van der Waals surface area contributed by atoms with Crippen LogP contribution < -0.4 is 0 Å². The molecule has 0 saturated heterocycles. The standard InChI is InChI=1S/C7H15O2.2C2H5.Al/c1-4-7(8)9-5-6(2)3;2*1-2;/h6-7H,4-5H2,1-3H3;2*1H2,2H3;/q-1;;;+1. The highest BCUT2D eigenvalue weighted by Gasteiger charge is 2.19. The first-order valence-corrected chi connectivity index (χ1v) is 8.01. The number of hydrogen-bond donors (Lipinski definition) is 0. The van der Waals surface area contributed by atoms with Crippen LogP contribution >= 0.6 is 0 Å². The second kappa shape index (κ2) is 8.74. The van der Waals surface area contributed by atoms with E-state index in [9.17, 15) is 0 Å². The van der Waals surface area contributed by atoms with Gasteiger partial charge in [0, 0.05) is 0 Å². The van der Waals surface area contributed by atoms with Gasteiger partial charge in [-0.2, -0.15) is 0 Å². The molecule has 0 saturated carbocycles. The number of hydrogen-bond acceptors (Lipinski definition) is 2. The van der Waals surface area contributed by atoms with Crippen LogP contribution in [-0.4, -0.2) is 27.4 Å². The predicted octanol–water partition coefficient (Wildman–Crippen LogP) is 3.44. The molecule has 0 aromatic heterocycles. The Hall–Kier alpha value is 0.452. The zero-order chi connectivity index (χ0) is 11.0. The smallest absolute Gasteiger partial charge is 0.462 e. The summed E-state index contributed by atoms with van der Waals surface area (Å²) in [5, 5.41) is 2.41. The average Bonchev–Trinajstić information content (AvgIpc) is 2.18. The van der Waals surface area contributed by atoms with Crippen LogP contribution in [0.15, 0.2) is 0 Å². The summed E-state index contributed by atoms with van der Waals surface area (Å²) in [4.78, 5) is 0. The Morgan fingerprint density at radius 3 is 2.00 bits per heavy atom. The van der Waals surface area contributed by atoms with E-state index in [1.807, 2.05) is 0 Å². The van der Waals surface area contributed by atoms with Crippen molar-refractivity contribution in [1.29, 1.82) is 0 Å². The fourth-order valence-corrected chi connectivity index (χ4v) is 2.91. The number of ether oxygens (including phenoxy) is 1. The molecular formula is C11H25AlO2. The van der Waals surface area contributed by atoms with Gasteiger partial charge in [-0.15, -0.1) is 0 Å². The molecular weight excluding hydrogens is 191 g/mol. The topological polar surface area (TPSA) is 18.5 Å². The molecule has 14 heavy (non-hydrogen) atoms. The minimum Gasteiger partial charge on any atom is -0.478 e. The van der Waals surface area contributed by atoms with Gasteiger partial charge in [0.15, 0.2) is 0 Å². The van der Waals surface area contributed by atoms with E-state index in [2.05, 4.69) is 34.6 Å². The Balaban J connectivity index is 3.76. The lowest BCUT2D eigenvalue weighted by Gasteiger charge is -2.22. The van der Waals surface area contributed by atoms with Crippen molar-refractivity contribution in [2.24, 2.45) is 5.92 Å². The van der Waals surface area contributed by atoms with E-state index in [0.29, 0.717) is 5.92 Å². The first-order valence-electron chi connectivity index (χ1n) is 5.90. The van der Waals surface area contributed by atoms with E-state index in [4.69, 9.17) is 8.53 Å². The summed E-state index contributed by atoms with van der Waals surface area (Å²) >= 11 is -0.956. The van der Waals surface area contributed by atoms with E-state index in [1.165, 1.54) is 10.6 Å². The third kappa shape index (κ3) is 6.84. The van der Waals surface area contributed by atoms with Crippen molar-refractivity contribution < 1.29 is 8.53 Å². The molecule has 0 aliphatic rings. The highest BCUT2D eigenvalue weighted by atomic mass is 27.2. The Labute approximate surface area is 93.7 Å². The van der Waals surface area contributed by atoms with E-state index in [0.717, 1.165) is 13.0 Å². The van der Waals surface area contributed by atoms with Gasteiger partial charge in [0.25, 0.3) is 0 Å². The zero-order valence-corrected chi connectivity index (χ0v) is 11.5. The van der Waals surface area contributed by atoms with Gasteiger partial charge < -0.3 is 8.53 Å². The third-order valence-corrected chi connectivity index (χ3v) is 4.71. The van der Waals surface area contributed by atoms with Gasteiger partial charge in [0.2, 0.25) is 0 Å². The van der Waals surface area contributed by atoms with Crippen molar-refractivity contribution >= 4 is 14.5 Å². The van der Waals surface area contributed by atoms with Gasteiger partial charge in [0.1, 0.15) is 6.29 Å². The lowest BCUT2D eigenvalue weighted by Crippen LogP contribution is -2.27. The van der Waals surface area contributed by atoms with Crippen molar-refractivity contribution in [2.45, 2.75) is 57.9 Å². The van der Waals surface area contributed by atoms with E-state index in [-0.39, 0.29) is 6.29 Å². The minimum absolute atomic E-state index is 0.0500. The maximum Gasteiger partial charge on any atom is 0.462 e. The van der Waals surface area contributed by atoms with Crippen molar-refractivity contribution in [3.8, 4) is 0 Å². The molecule has 0 aromatic carbocycles. The molecule has 1 unspecified atom stereocenters. The normalized spacial score (nSPS) is 13.3. The molecule has 0 bridgehead atoms. The van der Waals surface area contributed by atoms with Gasteiger partial charge in [-0.3, -0.25) is 0 Å². The highest BCUT2D eigenvalue weighted by molar-refractivity contribution is 6.51. The molecule has 0 aromatic rings. The fraction of sp³-hybridized carbons (Fsp3) is 1.00. The van der Waals surface area contributed by atoms with Crippen LogP contribution in [-0.2, 0) is 8.53 Å². The van der Waals surface area contributed by atoms with Crippen molar-refractivity contribution in [1.82, 2.24) is 0 Å². The van der Waals surface area contributed by atoms with Crippen LogP contribution in [0.5, 0.6) is 0 Å². The molecule has 0 radical (unpaired) electrons. The minimum atomic E-state index is -0.956. The molecule has 0 heterocycles. The predicted molar refractivity (Wildman–Crippen MR) is 62.7 cm³/mol. The molecule has 1 atom stereocenters. The zero-order valence-electron chi connectivity index (χ0n) is 10.4. The number of rotatable bonds is 8. The molecule has 84 valence electrons. The van der Waals surface area contributed by atoms with E-state index >= 15 is 0 Å².